The molecule has 0 saturated carbocycles. The summed E-state index contributed by atoms with van der Waals surface area (Å²) in [6.07, 6.45) is -0.238. The zero-order valence-corrected chi connectivity index (χ0v) is 9.85. The standard InChI is InChI=1S/C10H17NO2S/c1-7-5-6-8(14-7)9(11-2)10(12-3)13-4/h5-6,9-11H,1-4H3. The van der Waals surface area contributed by atoms with Crippen LogP contribution in [-0.4, -0.2) is 27.6 Å². The van der Waals surface area contributed by atoms with Crippen molar-refractivity contribution in [2.75, 3.05) is 21.3 Å². The molecule has 0 bridgehead atoms. The molecule has 1 aromatic heterocycles. The summed E-state index contributed by atoms with van der Waals surface area (Å²) in [5.74, 6) is 0. The molecule has 3 nitrogen and oxygen atoms in total. The van der Waals surface area contributed by atoms with Crippen LogP contribution in [0.5, 0.6) is 0 Å². The van der Waals surface area contributed by atoms with E-state index in [-0.39, 0.29) is 12.3 Å². The third-order valence-corrected chi connectivity index (χ3v) is 3.20. The molecule has 0 aliphatic rings. The highest BCUT2D eigenvalue weighted by Gasteiger charge is 2.22. The van der Waals surface area contributed by atoms with Gasteiger partial charge in [-0.1, -0.05) is 0 Å². The Morgan fingerprint density at radius 2 is 1.93 bits per heavy atom. The number of hydrogen-bond acceptors (Lipinski definition) is 4. The molecule has 1 aromatic rings. The summed E-state index contributed by atoms with van der Waals surface area (Å²) in [5.41, 5.74) is 0. The van der Waals surface area contributed by atoms with Crippen molar-refractivity contribution in [3.05, 3.63) is 21.9 Å². The number of methoxy groups -OCH3 is 2. The molecule has 0 spiro atoms. The zero-order valence-electron chi connectivity index (χ0n) is 9.03. The first kappa shape index (κ1) is 11.7. The minimum atomic E-state index is -0.238. The Morgan fingerprint density at radius 3 is 2.29 bits per heavy atom. The molecule has 0 fully saturated rings. The monoisotopic (exact) mass is 215 g/mol. The molecule has 14 heavy (non-hydrogen) atoms. The predicted octanol–water partition coefficient (Wildman–Crippen LogP) is 1.94. The van der Waals surface area contributed by atoms with Crippen molar-refractivity contribution in [1.29, 1.82) is 0 Å². The molecule has 1 rings (SSSR count). The van der Waals surface area contributed by atoms with E-state index in [0.29, 0.717) is 0 Å². The zero-order chi connectivity index (χ0) is 10.6. The Bertz CT molecular complexity index is 271. The number of hydrogen-bond donors (Lipinski definition) is 1. The Labute approximate surface area is 89.0 Å². The smallest absolute Gasteiger partial charge is 0.177 e. The molecule has 0 radical (unpaired) electrons. The van der Waals surface area contributed by atoms with Gasteiger partial charge in [0.2, 0.25) is 0 Å². The summed E-state index contributed by atoms with van der Waals surface area (Å²) in [7, 11) is 5.21. The maximum Gasteiger partial charge on any atom is 0.177 e. The van der Waals surface area contributed by atoms with E-state index >= 15 is 0 Å². The van der Waals surface area contributed by atoms with Gasteiger partial charge in [0.25, 0.3) is 0 Å². The Morgan fingerprint density at radius 1 is 1.29 bits per heavy atom. The maximum absolute atomic E-state index is 5.24. The fraction of sp³-hybridized carbons (Fsp3) is 0.600. The first-order valence-electron chi connectivity index (χ1n) is 4.52. The van der Waals surface area contributed by atoms with Crippen molar-refractivity contribution >= 4 is 11.3 Å². The van der Waals surface area contributed by atoms with Crippen LogP contribution in [0.15, 0.2) is 12.1 Å². The third-order valence-electron chi connectivity index (χ3n) is 2.12. The maximum atomic E-state index is 5.24. The van der Waals surface area contributed by atoms with E-state index in [1.165, 1.54) is 9.75 Å². The van der Waals surface area contributed by atoms with Crippen LogP contribution < -0.4 is 5.32 Å². The molecule has 0 aliphatic heterocycles. The third kappa shape index (κ3) is 2.54. The van der Waals surface area contributed by atoms with E-state index in [2.05, 4.69) is 24.4 Å². The summed E-state index contributed by atoms with van der Waals surface area (Å²) < 4.78 is 10.5. The van der Waals surface area contributed by atoms with Gasteiger partial charge in [0.05, 0.1) is 6.04 Å². The predicted molar refractivity (Wildman–Crippen MR) is 58.7 cm³/mol. The van der Waals surface area contributed by atoms with Crippen molar-refractivity contribution in [3.63, 3.8) is 0 Å². The quantitative estimate of drug-likeness (QED) is 0.761. The van der Waals surface area contributed by atoms with Gasteiger partial charge in [-0.25, -0.2) is 0 Å². The lowest BCUT2D eigenvalue weighted by Crippen LogP contribution is -2.31. The highest BCUT2D eigenvalue weighted by molar-refractivity contribution is 7.12. The van der Waals surface area contributed by atoms with Gasteiger partial charge in [0.1, 0.15) is 0 Å². The van der Waals surface area contributed by atoms with E-state index in [0.717, 1.165) is 0 Å². The molecular formula is C10H17NO2S. The van der Waals surface area contributed by atoms with E-state index in [1.54, 1.807) is 25.6 Å². The second-order valence-corrected chi connectivity index (χ2v) is 4.37. The van der Waals surface area contributed by atoms with Gasteiger partial charge < -0.3 is 14.8 Å². The van der Waals surface area contributed by atoms with E-state index in [9.17, 15) is 0 Å². The van der Waals surface area contributed by atoms with Crippen LogP contribution in [0.2, 0.25) is 0 Å². The molecule has 0 amide bonds. The topological polar surface area (TPSA) is 30.5 Å². The highest BCUT2D eigenvalue weighted by Crippen LogP contribution is 2.26. The Balaban J connectivity index is 2.80. The summed E-state index contributed by atoms with van der Waals surface area (Å²) in [5, 5.41) is 3.19. The van der Waals surface area contributed by atoms with E-state index in [4.69, 9.17) is 9.47 Å². The lowest BCUT2D eigenvalue weighted by molar-refractivity contribution is -0.122. The lowest BCUT2D eigenvalue weighted by atomic mass is 10.2. The lowest BCUT2D eigenvalue weighted by Gasteiger charge is -2.23. The van der Waals surface area contributed by atoms with Crippen molar-refractivity contribution in [2.24, 2.45) is 0 Å². The molecule has 1 atom stereocenters. The highest BCUT2D eigenvalue weighted by atomic mass is 32.1. The van der Waals surface area contributed by atoms with Gasteiger partial charge in [0, 0.05) is 24.0 Å². The van der Waals surface area contributed by atoms with Crippen LogP contribution >= 0.6 is 11.3 Å². The Kier molecular flexibility index (Phi) is 4.54. The molecule has 1 heterocycles. The average Bonchev–Trinajstić information content (AvgIpc) is 2.60. The minimum Gasteiger partial charge on any atom is -0.354 e. The van der Waals surface area contributed by atoms with E-state index in [1.807, 2.05) is 7.05 Å². The minimum absolute atomic E-state index is 0.101. The molecule has 4 heteroatoms. The first-order chi connectivity index (χ1) is 6.72. The molecule has 0 aromatic carbocycles. The van der Waals surface area contributed by atoms with Crippen LogP contribution in [0.4, 0.5) is 0 Å². The molecular weight excluding hydrogens is 198 g/mol. The second-order valence-electron chi connectivity index (χ2n) is 3.05. The summed E-state index contributed by atoms with van der Waals surface area (Å²) >= 11 is 1.76. The second kappa shape index (κ2) is 5.46. The number of likely N-dealkylation sites (N-methyl/N-ethyl adjacent to an activating group) is 1. The van der Waals surface area contributed by atoms with Gasteiger partial charge in [-0.3, -0.25) is 0 Å². The number of rotatable bonds is 5. The van der Waals surface area contributed by atoms with Crippen LogP contribution in [0.1, 0.15) is 15.8 Å². The molecule has 1 N–H and O–H groups in total. The van der Waals surface area contributed by atoms with Gasteiger partial charge in [-0.15, -0.1) is 11.3 Å². The number of aryl methyl sites for hydroxylation is 1. The van der Waals surface area contributed by atoms with Crippen molar-refractivity contribution in [1.82, 2.24) is 5.32 Å². The number of thiophene rings is 1. The van der Waals surface area contributed by atoms with Gasteiger partial charge in [0.15, 0.2) is 6.29 Å². The normalized spacial score (nSPS) is 13.5. The molecule has 1 unspecified atom stereocenters. The van der Waals surface area contributed by atoms with Crippen LogP contribution in [0.25, 0.3) is 0 Å². The average molecular weight is 215 g/mol. The van der Waals surface area contributed by atoms with Crippen molar-refractivity contribution in [2.45, 2.75) is 19.3 Å². The molecule has 80 valence electrons. The van der Waals surface area contributed by atoms with Crippen LogP contribution in [0, 0.1) is 6.92 Å². The number of ether oxygens (including phenoxy) is 2. The van der Waals surface area contributed by atoms with Crippen molar-refractivity contribution in [3.8, 4) is 0 Å². The number of nitrogens with one attached hydrogen (secondary N) is 1. The van der Waals surface area contributed by atoms with Crippen LogP contribution in [-0.2, 0) is 9.47 Å². The molecule has 0 saturated heterocycles. The Hall–Kier alpha value is -0.420. The summed E-state index contributed by atoms with van der Waals surface area (Å²) in [4.78, 5) is 2.53. The SMILES string of the molecule is CNC(c1ccc(C)s1)C(OC)OC. The summed E-state index contributed by atoms with van der Waals surface area (Å²) in [6.45, 7) is 2.09. The van der Waals surface area contributed by atoms with Gasteiger partial charge in [-0.05, 0) is 26.1 Å². The van der Waals surface area contributed by atoms with Crippen molar-refractivity contribution < 1.29 is 9.47 Å². The van der Waals surface area contributed by atoms with Gasteiger partial charge in [-0.2, -0.15) is 0 Å². The molecule has 0 aliphatic carbocycles. The van der Waals surface area contributed by atoms with Crippen LogP contribution in [0.3, 0.4) is 0 Å². The van der Waals surface area contributed by atoms with E-state index < -0.39 is 0 Å². The first-order valence-corrected chi connectivity index (χ1v) is 5.33. The fourth-order valence-electron chi connectivity index (χ4n) is 1.40. The van der Waals surface area contributed by atoms with Gasteiger partial charge >= 0.3 is 0 Å². The largest absolute Gasteiger partial charge is 0.354 e. The fourth-order valence-corrected chi connectivity index (χ4v) is 2.40. The summed E-state index contributed by atoms with van der Waals surface area (Å²) in [6, 6.07) is 4.31.